The Balaban J connectivity index is 2.77. The van der Waals surface area contributed by atoms with E-state index in [4.69, 9.17) is 11.1 Å². The smallest absolute Gasteiger partial charge is 0.229 e. The second-order valence-corrected chi connectivity index (χ2v) is 2.03. The molecule has 1 atom stereocenters. The van der Waals surface area contributed by atoms with E-state index in [9.17, 15) is 0 Å². The Bertz CT molecular complexity index is 323. The molecule has 1 heterocycles. The SMILES string of the molecule is N=NN=N[N+](=NN=N)C1C=CC=NN1. The van der Waals surface area contributed by atoms with Crippen LogP contribution in [0.25, 0.3) is 0 Å². The van der Waals surface area contributed by atoms with Crippen LogP contribution < -0.4 is 5.43 Å². The summed E-state index contributed by atoms with van der Waals surface area (Å²) in [6.45, 7) is 0. The molecule has 0 aromatic carbocycles. The lowest BCUT2D eigenvalue weighted by Gasteiger charge is -2.08. The third-order valence-electron chi connectivity index (χ3n) is 1.22. The van der Waals surface area contributed by atoms with Crippen molar-refractivity contribution in [3.63, 3.8) is 0 Å². The van der Waals surface area contributed by atoms with Gasteiger partial charge in [-0.2, -0.15) is 10.6 Å². The first-order chi connectivity index (χ1) is 6.88. The molecular weight excluding hydrogens is 188 g/mol. The van der Waals surface area contributed by atoms with Gasteiger partial charge in [0.15, 0.2) is 5.22 Å². The Kier molecular flexibility index (Phi) is 3.66. The van der Waals surface area contributed by atoms with Gasteiger partial charge in [-0.05, 0) is 17.0 Å². The monoisotopic (exact) mass is 195 g/mol. The molecule has 0 fully saturated rings. The number of hydrazone groups is 1. The van der Waals surface area contributed by atoms with Gasteiger partial charge in [0.1, 0.15) is 15.7 Å². The normalized spacial score (nSPS) is 20.9. The molecule has 3 N–H and O–H groups in total. The van der Waals surface area contributed by atoms with Gasteiger partial charge in [0, 0.05) is 6.21 Å². The minimum absolute atomic E-state index is 0.486. The van der Waals surface area contributed by atoms with Gasteiger partial charge in [-0.3, -0.25) is 5.43 Å². The minimum atomic E-state index is -0.486. The molecule has 1 unspecified atom stereocenters. The van der Waals surface area contributed by atoms with E-state index < -0.39 is 6.17 Å². The first-order valence-corrected chi connectivity index (χ1v) is 3.48. The van der Waals surface area contributed by atoms with E-state index in [1.165, 1.54) is 0 Å². The first-order valence-electron chi connectivity index (χ1n) is 3.48. The lowest BCUT2D eigenvalue weighted by atomic mass is 10.4. The maximum atomic E-state index is 6.53. The van der Waals surface area contributed by atoms with Gasteiger partial charge in [0.05, 0.1) is 5.22 Å². The molecule has 0 aliphatic carbocycles. The quantitative estimate of drug-likeness (QED) is 0.346. The van der Waals surface area contributed by atoms with E-state index in [0.717, 1.165) is 4.81 Å². The molecule has 0 amide bonds. The molecule has 0 radical (unpaired) electrons. The molecule has 10 nitrogen and oxygen atoms in total. The van der Waals surface area contributed by atoms with Crippen LogP contribution in [0.1, 0.15) is 0 Å². The highest BCUT2D eigenvalue weighted by molar-refractivity contribution is 5.71. The summed E-state index contributed by atoms with van der Waals surface area (Å²) in [4.78, 5) is 0.956. The van der Waals surface area contributed by atoms with E-state index in [-0.39, 0.29) is 0 Å². The van der Waals surface area contributed by atoms with Crippen molar-refractivity contribution in [2.24, 2.45) is 31.2 Å². The van der Waals surface area contributed by atoms with Gasteiger partial charge in [0.25, 0.3) is 0 Å². The molecular formula is C4H7N10+. The summed E-state index contributed by atoms with van der Waals surface area (Å²) in [6.07, 6.45) is 4.39. The van der Waals surface area contributed by atoms with Crippen molar-refractivity contribution in [1.82, 2.24) is 5.43 Å². The van der Waals surface area contributed by atoms with Crippen molar-refractivity contribution < 1.29 is 4.81 Å². The fourth-order valence-corrected chi connectivity index (χ4v) is 0.725. The molecule has 0 saturated heterocycles. The van der Waals surface area contributed by atoms with E-state index in [1.807, 2.05) is 0 Å². The molecule has 72 valence electrons. The van der Waals surface area contributed by atoms with E-state index >= 15 is 0 Å². The fraction of sp³-hybridized carbons (Fsp3) is 0.250. The van der Waals surface area contributed by atoms with Gasteiger partial charge in [-0.15, -0.1) is 5.53 Å². The van der Waals surface area contributed by atoms with E-state index in [2.05, 4.69) is 36.6 Å². The van der Waals surface area contributed by atoms with Crippen molar-refractivity contribution >= 4 is 6.21 Å². The topological polar surface area (TPSA) is 137 Å². The molecule has 0 aromatic rings. The van der Waals surface area contributed by atoms with Crippen LogP contribution in [0, 0.1) is 11.1 Å². The summed E-state index contributed by atoms with van der Waals surface area (Å²) in [6, 6.07) is 0. The Hall–Kier alpha value is -2.39. The third-order valence-corrected chi connectivity index (χ3v) is 1.22. The van der Waals surface area contributed by atoms with Crippen molar-refractivity contribution in [3.05, 3.63) is 12.2 Å². The van der Waals surface area contributed by atoms with Crippen LogP contribution >= 0.6 is 0 Å². The Labute approximate surface area is 78.0 Å². The molecule has 1 rings (SSSR count). The van der Waals surface area contributed by atoms with E-state index in [1.54, 1.807) is 18.4 Å². The second kappa shape index (κ2) is 5.29. The summed E-state index contributed by atoms with van der Waals surface area (Å²) in [5, 5.41) is 18.9. The average molecular weight is 195 g/mol. The van der Waals surface area contributed by atoms with E-state index in [0.29, 0.717) is 0 Å². The fourth-order valence-electron chi connectivity index (χ4n) is 0.725. The van der Waals surface area contributed by atoms with Crippen LogP contribution in [0.2, 0.25) is 0 Å². The Morgan fingerprint density at radius 2 is 2.21 bits per heavy atom. The van der Waals surface area contributed by atoms with Crippen LogP contribution in [-0.2, 0) is 0 Å². The van der Waals surface area contributed by atoms with Crippen molar-refractivity contribution in [2.75, 3.05) is 0 Å². The highest BCUT2D eigenvalue weighted by atomic mass is 15.7. The van der Waals surface area contributed by atoms with Crippen molar-refractivity contribution in [2.45, 2.75) is 6.17 Å². The highest BCUT2D eigenvalue weighted by Crippen LogP contribution is 1.98. The number of rotatable bonds is 4. The largest absolute Gasteiger partial charge is 0.268 e. The number of nitrogens with zero attached hydrogens (tertiary/aromatic N) is 7. The van der Waals surface area contributed by atoms with Gasteiger partial charge >= 0.3 is 0 Å². The Morgan fingerprint density at radius 1 is 1.36 bits per heavy atom. The van der Waals surface area contributed by atoms with Gasteiger partial charge in [0.2, 0.25) is 6.17 Å². The van der Waals surface area contributed by atoms with Crippen LogP contribution in [0.5, 0.6) is 0 Å². The standard InChI is InChI=1S/C4H7N10/c5-9-11-13-14(12-10-6)4-2-1-3-7-8-4/h1-6,8H/q+1. The molecule has 0 bridgehead atoms. The predicted octanol–water partition coefficient (Wildman–Crippen LogP) is 1.18. The van der Waals surface area contributed by atoms with Crippen LogP contribution in [-0.4, -0.2) is 17.2 Å². The molecule has 0 saturated carbocycles. The van der Waals surface area contributed by atoms with Gasteiger partial charge in [-0.1, -0.05) is 0 Å². The summed E-state index contributed by atoms with van der Waals surface area (Å²) in [5.74, 6) is 0. The Morgan fingerprint density at radius 3 is 2.79 bits per heavy atom. The zero-order valence-corrected chi connectivity index (χ0v) is 6.94. The number of nitrogens with one attached hydrogen (secondary N) is 3. The number of hydrogen-bond acceptors (Lipinski definition) is 4. The van der Waals surface area contributed by atoms with Gasteiger partial charge in [-0.25, -0.2) is 0 Å². The number of hydrogen-bond donors (Lipinski definition) is 3. The molecule has 0 aromatic heterocycles. The minimum Gasteiger partial charge on any atom is -0.268 e. The maximum Gasteiger partial charge on any atom is 0.229 e. The summed E-state index contributed by atoms with van der Waals surface area (Å²) in [7, 11) is 0. The molecule has 10 heteroatoms. The number of allylic oxidation sites excluding steroid dienone is 1. The summed E-state index contributed by atoms with van der Waals surface area (Å²) < 4.78 is 0. The van der Waals surface area contributed by atoms with Crippen LogP contribution in [0.15, 0.2) is 43.4 Å². The van der Waals surface area contributed by atoms with Gasteiger partial charge < -0.3 is 0 Å². The molecule has 0 spiro atoms. The van der Waals surface area contributed by atoms with Crippen molar-refractivity contribution in [1.29, 1.82) is 11.1 Å². The summed E-state index contributed by atoms with van der Waals surface area (Å²) >= 11 is 0. The zero-order valence-electron chi connectivity index (χ0n) is 6.94. The lowest BCUT2D eigenvalue weighted by molar-refractivity contribution is -0.638. The van der Waals surface area contributed by atoms with Crippen LogP contribution in [0.3, 0.4) is 0 Å². The maximum absolute atomic E-state index is 6.53. The average Bonchev–Trinajstić information content (AvgIpc) is 2.25. The zero-order chi connectivity index (χ0) is 10.2. The van der Waals surface area contributed by atoms with Crippen LogP contribution in [0.4, 0.5) is 0 Å². The third kappa shape index (κ3) is 2.58. The second-order valence-electron chi connectivity index (χ2n) is 2.03. The lowest BCUT2D eigenvalue weighted by Crippen LogP contribution is -2.32. The molecule has 1 aliphatic heterocycles. The summed E-state index contributed by atoms with van der Waals surface area (Å²) in [5.41, 5.74) is 15.6. The molecule has 1 aliphatic rings. The van der Waals surface area contributed by atoms with Crippen molar-refractivity contribution in [3.8, 4) is 0 Å². The first kappa shape index (κ1) is 9.70. The highest BCUT2D eigenvalue weighted by Gasteiger charge is 2.15. The predicted molar refractivity (Wildman–Crippen MR) is 42.4 cm³/mol. The molecule has 14 heavy (non-hydrogen) atoms.